The summed E-state index contributed by atoms with van der Waals surface area (Å²) in [7, 11) is -3.53. The second-order valence-electron chi connectivity index (χ2n) is 6.83. The number of nitrogens with zero attached hydrogens (tertiary/aromatic N) is 3. The van der Waals surface area contributed by atoms with Gasteiger partial charge in [0, 0.05) is 26.6 Å². The van der Waals surface area contributed by atoms with Crippen molar-refractivity contribution in [2.24, 2.45) is 0 Å². The first kappa shape index (κ1) is 18.8. The molecule has 0 fully saturated rings. The average Bonchev–Trinajstić information content (AvgIpc) is 3.14. The van der Waals surface area contributed by atoms with Crippen molar-refractivity contribution in [2.45, 2.75) is 30.8 Å². The Balaban J connectivity index is 1.50. The number of hydrogen-bond acceptors (Lipinski definition) is 6. The van der Waals surface area contributed by atoms with Crippen molar-refractivity contribution in [2.75, 3.05) is 13.1 Å². The van der Waals surface area contributed by atoms with Crippen LogP contribution >= 0.6 is 0 Å². The predicted octanol–water partition coefficient (Wildman–Crippen LogP) is 2.46. The summed E-state index contributed by atoms with van der Waals surface area (Å²) in [6, 6.07) is 16.6. The minimum absolute atomic E-state index is 0.0719. The molecule has 1 unspecified atom stereocenters. The van der Waals surface area contributed by atoms with E-state index in [-0.39, 0.29) is 10.9 Å². The fraction of sp³-hybridized carbons (Fsp3) is 0.300. The standard InChI is InChI=1S/C20H22N4O3S/c1-15-22-23-20(27-15)19-13-16-7-5-6-8-17(16)14-24(19)12-11-21-28(25,26)18-9-3-2-4-10-18/h2-10,19,21H,11-14H2,1H3. The topological polar surface area (TPSA) is 88.3 Å². The maximum Gasteiger partial charge on any atom is 0.240 e. The summed E-state index contributed by atoms with van der Waals surface area (Å²) in [4.78, 5) is 2.45. The Morgan fingerprint density at radius 1 is 1.07 bits per heavy atom. The highest BCUT2D eigenvalue weighted by atomic mass is 32.2. The van der Waals surface area contributed by atoms with Crippen LogP contribution in [-0.2, 0) is 23.0 Å². The third-order valence-corrected chi connectivity index (χ3v) is 6.39. The first-order chi connectivity index (χ1) is 13.5. The summed E-state index contributed by atoms with van der Waals surface area (Å²) < 4.78 is 33.3. The number of fused-ring (bicyclic) bond motifs is 1. The van der Waals surface area contributed by atoms with Crippen molar-refractivity contribution in [3.63, 3.8) is 0 Å². The molecule has 0 saturated heterocycles. The predicted molar refractivity (Wildman–Crippen MR) is 104 cm³/mol. The van der Waals surface area contributed by atoms with Gasteiger partial charge in [-0.2, -0.15) is 0 Å². The van der Waals surface area contributed by atoms with E-state index in [9.17, 15) is 8.42 Å². The largest absolute Gasteiger partial charge is 0.424 e. The lowest BCUT2D eigenvalue weighted by Crippen LogP contribution is -2.40. The van der Waals surface area contributed by atoms with Gasteiger partial charge in [-0.25, -0.2) is 13.1 Å². The molecule has 7 nitrogen and oxygen atoms in total. The van der Waals surface area contributed by atoms with Gasteiger partial charge in [0.1, 0.15) is 0 Å². The second-order valence-corrected chi connectivity index (χ2v) is 8.60. The molecule has 1 atom stereocenters. The van der Waals surface area contributed by atoms with Gasteiger partial charge in [0.25, 0.3) is 0 Å². The summed E-state index contributed by atoms with van der Waals surface area (Å²) in [5, 5.41) is 8.16. The Bertz CT molecular complexity index is 1050. The third-order valence-electron chi connectivity index (χ3n) is 4.92. The molecular weight excluding hydrogens is 376 g/mol. The zero-order chi connectivity index (χ0) is 19.6. The second kappa shape index (κ2) is 7.83. The van der Waals surface area contributed by atoms with E-state index in [4.69, 9.17) is 4.42 Å². The number of rotatable bonds is 6. The Morgan fingerprint density at radius 2 is 1.79 bits per heavy atom. The van der Waals surface area contributed by atoms with Crippen molar-refractivity contribution in [1.82, 2.24) is 19.8 Å². The monoisotopic (exact) mass is 398 g/mol. The zero-order valence-corrected chi connectivity index (χ0v) is 16.4. The molecule has 28 heavy (non-hydrogen) atoms. The SMILES string of the molecule is Cc1nnc(C2Cc3ccccc3CN2CCNS(=O)(=O)c2ccccc2)o1. The molecule has 2 heterocycles. The lowest BCUT2D eigenvalue weighted by molar-refractivity contribution is 0.149. The van der Waals surface area contributed by atoms with Crippen LogP contribution in [-0.4, -0.2) is 36.6 Å². The molecule has 0 spiro atoms. The molecule has 3 aromatic rings. The van der Waals surface area contributed by atoms with Crippen LogP contribution in [0.25, 0.3) is 0 Å². The molecular formula is C20H22N4O3S. The zero-order valence-electron chi connectivity index (χ0n) is 15.6. The molecule has 0 amide bonds. The van der Waals surface area contributed by atoms with Crippen LogP contribution in [0.15, 0.2) is 63.9 Å². The van der Waals surface area contributed by atoms with Crippen LogP contribution in [0.4, 0.5) is 0 Å². The van der Waals surface area contributed by atoms with Gasteiger partial charge in [0.2, 0.25) is 21.8 Å². The van der Waals surface area contributed by atoms with Crippen LogP contribution in [0, 0.1) is 6.92 Å². The smallest absolute Gasteiger partial charge is 0.240 e. The summed E-state index contributed by atoms with van der Waals surface area (Å²) >= 11 is 0. The number of aryl methyl sites for hydroxylation is 1. The lowest BCUT2D eigenvalue weighted by atomic mass is 9.94. The van der Waals surface area contributed by atoms with Gasteiger partial charge in [-0.1, -0.05) is 42.5 Å². The van der Waals surface area contributed by atoms with Crippen molar-refractivity contribution in [3.8, 4) is 0 Å². The van der Waals surface area contributed by atoms with Crippen LogP contribution < -0.4 is 4.72 Å². The van der Waals surface area contributed by atoms with E-state index in [0.717, 1.165) is 6.42 Å². The van der Waals surface area contributed by atoms with E-state index in [1.807, 2.05) is 12.1 Å². The molecule has 4 rings (SSSR count). The molecule has 8 heteroatoms. The molecule has 146 valence electrons. The van der Waals surface area contributed by atoms with Gasteiger partial charge in [0.15, 0.2) is 0 Å². The molecule has 0 aliphatic carbocycles. The van der Waals surface area contributed by atoms with Crippen LogP contribution in [0.3, 0.4) is 0 Å². The normalized spacial score (nSPS) is 17.4. The Morgan fingerprint density at radius 3 is 2.50 bits per heavy atom. The van der Waals surface area contributed by atoms with Crippen molar-refractivity contribution in [3.05, 3.63) is 77.5 Å². The molecule has 1 aliphatic rings. The van der Waals surface area contributed by atoms with E-state index in [2.05, 4.69) is 32.0 Å². The molecule has 1 aromatic heterocycles. The number of sulfonamides is 1. The summed E-state index contributed by atoms with van der Waals surface area (Å²) in [5.74, 6) is 1.09. The highest BCUT2D eigenvalue weighted by Crippen LogP contribution is 2.32. The van der Waals surface area contributed by atoms with Crippen LogP contribution in [0.5, 0.6) is 0 Å². The molecule has 0 saturated carbocycles. The van der Waals surface area contributed by atoms with Crippen molar-refractivity contribution < 1.29 is 12.8 Å². The van der Waals surface area contributed by atoms with Crippen molar-refractivity contribution >= 4 is 10.0 Å². The summed E-state index contributed by atoms with van der Waals surface area (Å²) in [6.07, 6.45) is 0.753. The first-order valence-corrected chi connectivity index (χ1v) is 10.7. The first-order valence-electron chi connectivity index (χ1n) is 9.18. The lowest BCUT2D eigenvalue weighted by Gasteiger charge is -2.34. The van der Waals surface area contributed by atoms with E-state index >= 15 is 0 Å². The maximum atomic E-state index is 12.5. The van der Waals surface area contributed by atoms with Gasteiger partial charge < -0.3 is 4.42 Å². The van der Waals surface area contributed by atoms with Gasteiger partial charge in [-0.15, -0.1) is 10.2 Å². The Labute approximate surface area is 164 Å². The quantitative estimate of drug-likeness (QED) is 0.686. The van der Waals surface area contributed by atoms with E-state index in [1.165, 1.54) is 11.1 Å². The molecule has 1 aliphatic heterocycles. The minimum Gasteiger partial charge on any atom is -0.424 e. The van der Waals surface area contributed by atoms with Gasteiger partial charge in [-0.3, -0.25) is 4.90 Å². The molecule has 2 aromatic carbocycles. The minimum atomic E-state index is -3.53. The molecule has 1 N–H and O–H groups in total. The fourth-order valence-corrected chi connectivity index (χ4v) is 4.55. The van der Waals surface area contributed by atoms with E-state index in [0.29, 0.717) is 31.4 Å². The van der Waals surface area contributed by atoms with Gasteiger partial charge in [0.05, 0.1) is 10.9 Å². The van der Waals surface area contributed by atoms with Gasteiger partial charge in [-0.05, 0) is 29.7 Å². The summed E-state index contributed by atoms with van der Waals surface area (Å²) in [6.45, 7) is 3.30. The van der Waals surface area contributed by atoms with Crippen LogP contribution in [0.1, 0.15) is 29.0 Å². The number of benzene rings is 2. The Kier molecular flexibility index (Phi) is 5.25. The highest BCUT2D eigenvalue weighted by Gasteiger charge is 2.31. The number of nitrogens with one attached hydrogen (secondary N) is 1. The summed E-state index contributed by atoms with van der Waals surface area (Å²) in [5.41, 5.74) is 2.49. The highest BCUT2D eigenvalue weighted by molar-refractivity contribution is 7.89. The molecule has 0 bridgehead atoms. The van der Waals surface area contributed by atoms with Crippen molar-refractivity contribution in [1.29, 1.82) is 0 Å². The van der Waals surface area contributed by atoms with E-state index in [1.54, 1.807) is 37.3 Å². The van der Waals surface area contributed by atoms with Gasteiger partial charge >= 0.3 is 0 Å². The Hall–Kier alpha value is -2.55. The number of hydrogen-bond donors (Lipinski definition) is 1. The molecule has 0 radical (unpaired) electrons. The fourth-order valence-electron chi connectivity index (χ4n) is 3.51. The maximum absolute atomic E-state index is 12.5. The average molecular weight is 398 g/mol. The van der Waals surface area contributed by atoms with E-state index < -0.39 is 10.0 Å². The number of aromatic nitrogens is 2. The van der Waals surface area contributed by atoms with Crippen LogP contribution in [0.2, 0.25) is 0 Å². The third kappa shape index (κ3) is 3.99.